The van der Waals surface area contributed by atoms with Gasteiger partial charge in [-0.05, 0) is 23.8 Å². The number of anilines is 1. The van der Waals surface area contributed by atoms with Gasteiger partial charge in [0.15, 0.2) is 11.5 Å². The van der Waals surface area contributed by atoms with Gasteiger partial charge in [0.2, 0.25) is 0 Å². The van der Waals surface area contributed by atoms with Crippen LogP contribution in [0.2, 0.25) is 5.02 Å². The first-order chi connectivity index (χ1) is 10.2. The van der Waals surface area contributed by atoms with Crippen molar-refractivity contribution in [3.63, 3.8) is 0 Å². The molecule has 1 heterocycles. The quantitative estimate of drug-likeness (QED) is 0.859. The summed E-state index contributed by atoms with van der Waals surface area (Å²) < 4.78 is 10.4. The van der Waals surface area contributed by atoms with Crippen molar-refractivity contribution in [2.75, 3.05) is 26.1 Å². The monoisotopic (exact) mass is 308 g/mol. The summed E-state index contributed by atoms with van der Waals surface area (Å²) >= 11 is 6.00. The number of halogens is 1. The van der Waals surface area contributed by atoms with Crippen molar-refractivity contribution in [1.29, 1.82) is 0 Å². The van der Waals surface area contributed by atoms with Gasteiger partial charge in [-0.15, -0.1) is 0 Å². The minimum atomic E-state index is -0.700. The predicted octanol–water partition coefficient (Wildman–Crippen LogP) is 2.90. The number of ether oxygens (including phenoxy) is 2. The van der Waals surface area contributed by atoms with Crippen molar-refractivity contribution in [3.05, 3.63) is 47.2 Å². The summed E-state index contributed by atoms with van der Waals surface area (Å²) in [6.45, 7) is 0.319. The molecule has 0 bridgehead atoms. The molecule has 0 aliphatic rings. The summed E-state index contributed by atoms with van der Waals surface area (Å²) in [5.74, 6) is 1.20. The van der Waals surface area contributed by atoms with Crippen molar-refractivity contribution in [2.45, 2.75) is 6.10 Å². The molecule has 1 aromatic carbocycles. The van der Waals surface area contributed by atoms with Gasteiger partial charge in [-0.1, -0.05) is 17.7 Å². The molecule has 6 heteroatoms. The molecule has 1 atom stereocenters. The molecule has 5 nitrogen and oxygen atoms in total. The smallest absolute Gasteiger partial charge is 0.161 e. The number of nitrogens with one attached hydrogen (secondary N) is 1. The van der Waals surface area contributed by atoms with Gasteiger partial charge in [-0.3, -0.25) is 4.98 Å². The van der Waals surface area contributed by atoms with Gasteiger partial charge in [0.1, 0.15) is 0 Å². The maximum atomic E-state index is 10.2. The fourth-order valence-corrected chi connectivity index (χ4v) is 2.09. The molecule has 0 saturated heterocycles. The second-order valence-electron chi connectivity index (χ2n) is 4.37. The van der Waals surface area contributed by atoms with Crippen LogP contribution in [0.25, 0.3) is 0 Å². The molecular formula is C15H17ClN2O3. The van der Waals surface area contributed by atoms with E-state index in [0.29, 0.717) is 23.1 Å². The van der Waals surface area contributed by atoms with Crippen molar-refractivity contribution in [3.8, 4) is 11.5 Å². The molecule has 0 saturated carbocycles. The van der Waals surface area contributed by atoms with E-state index in [1.165, 1.54) is 0 Å². The van der Waals surface area contributed by atoms with E-state index in [-0.39, 0.29) is 0 Å². The number of aliphatic hydroxyl groups excluding tert-OH is 1. The van der Waals surface area contributed by atoms with Crippen LogP contribution in [0.3, 0.4) is 0 Å². The molecule has 1 aromatic heterocycles. The third-order valence-electron chi connectivity index (χ3n) is 3.05. The third-order valence-corrected chi connectivity index (χ3v) is 3.35. The number of hydrogen-bond donors (Lipinski definition) is 2. The molecule has 0 radical (unpaired) electrons. The molecule has 0 spiro atoms. The van der Waals surface area contributed by atoms with E-state index < -0.39 is 6.10 Å². The maximum Gasteiger partial charge on any atom is 0.161 e. The number of nitrogens with zero attached hydrogens (tertiary/aromatic N) is 1. The Morgan fingerprint density at radius 2 is 2.00 bits per heavy atom. The van der Waals surface area contributed by atoms with E-state index in [2.05, 4.69) is 10.3 Å². The van der Waals surface area contributed by atoms with Gasteiger partial charge in [0.25, 0.3) is 0 Å². The van der Waals surface area contributed by atoms with Gasteiger partial charge in [-0.25, -0.2) is 0 Å². The summed E-state index contributed by atoms with van der Waals surface area (Å²) in [4.78, 5) is 3.91. The Bertz CT molecular complexity index is 607. The fraction of sp³-hybridized carbons (Fsp3) is 0.267. The molecule has 2 rings (SSSR count). The van der Waals surface area contributed by atoms with Crippen LogP contribution in [0.15, 0.2) is 36.7 Å². The average molecular weight is 309 g/mol. The number of aromatic nitrogens is 1. The van der Waals surface area contributed by atoms with E-state index >= 15 is 0 Å². The lowest BCUT2D eigenvalue weighted by atomic mass is 10.1. The SMILES string of the molecule is COc1ccc([C@H](O)CNc2ccncc2Cl)cc1OC. The van der Waals surface area contributed by atoms with Gasteiger partial charge >= 0.3 is 0 Å². The zero-order chi connectivity index (χ0) is 15.2. The summed E-state index contributed by atoms with van der Waals surface area (Å²) in [5.41, 5.74) is 1.46. The maximum absolute atomic E-state index is 10.2. The number of rotatable bonds is 6. The predicted molar refractivity (Wildman–Crippen MR) is 82.2 cm³/mol. The number of pyridine rings is 1. The van der Waals surface area contributed by atoms with Crippen LogP contribution in [0.4, 0.5) is 5.69 Å². The van der Waals surface area contributed by atoms with E-state index in [9.17, 15) is 5.11 Å². The first kappa shape index (κ1) is 15.4. The number of methoxy groups -OCH3 is 2. The average Bonchev–Trinajstić information content (AvgIpc) is 2.53. The minimum Gasteiger partial charge on any atom is -0.493 e. The standard InChI is InChI=1S/C15H17ClN2O3/c1-20-14-4-3-10(7-15(14)21-2)13(19)9-18-12-5-6-17-8-11(12)16/h3-8,13,19H,9H2,1-2H3,(H,17,18)/t13-/m1/s1. The molecular weight excluding hydrogens is 292 g/mol. The number of benzene rings is 1. The summed E-state index contributed by atoms with van der Waals surface area (Å²) in [6.07, 6.45) is 2.48. The van der Waals surface area contributed by atoms with Crippen LogP contribution in [-0.4, -0.2) is 30.9 Å². The summed E-state index contributed by atoms with van der Waals surface area (Å²) in [7, 11) is 3.13. The molecule has 0 amide bonds. The van der Waals surface area contributed by atoms with Gasteiger partial charge in [0, 0.05) is 18.9 Å². The first-order valence-corrected chi connectivity index (χ1v) is 6.77. The second-order valence-corrected chi connectivity index (χ2v) is 4.77. The fourth-order valence-electron chi connectivity index (χ4n) is 1.90. The molecule has 112 valence electrons. The molecule has 0 aliphatic carbocycles. The van der Waals surface area contributed by atoms with Crippen LogP contribution in [0, 0.1) is 0 Å². The lowest BCUT2D eigenvalue weighted by molar-refractivity contribution is 0.191. The third kappa shape index (κ3) is 3.77. The van der Waals surface area contributed by atoms with Crippen LogP contribution in [-0.2, 0) is 0 Å². The van der Waals surface area contributed by atoms with Crippen LogP contribution >= 0.6 is 11.6 Å². The zero-order valence-electron chi connectivity index (χ0n) is 11.8. The highest BCUT2D eigenvalue weighted by Gasteiger charge is 2.12. The Balaban J connectivity index is 2.06. The highest BCUT2D eigenvalue weighted by atomic mass is 35.5. The lowest BCUT2D eigenvalue weighted by Crippen LogP contribution is -2.12. The number of aliphatic hydroxyl groups is 1. The van der Waals surface area contributed by atoms with E-state index in [4.69, 9.17) is 21.1 Å². The minimum absolute atomic E-state index is 0.319. The van der Waals surface area contributed by atoms with Gasteiger partial charge in [0.05, 0.1) is 31.0 Å². The van der Waals surface area contributed by atoms with E-state index in [1.807, 2.05) is 0 Å². The Morgan fingerprint density at radius 1 is 1.24 bits per heavy atom. The Hall–Kier alpha value is -1.98. The lowest BCUT2D eigenvalue weighted by Gasteiger charge is -2.16. The van der Waals surface area contributed by atoms with E-state index in [0.717, 1.165) is 11.3 Å². The molecule has 2 aromatic rings. The molecule has 2 N–H and O–H groups in total. The van der Waals surface area contributed by atoms with Crippen molar-refractivity contribution in [2.24, 2.45) is 0 Å². The van der Waals surface area contributed by atoms with Gasteiger partial charge < -0.3 is 19.9 Å². The molecule has 0 fully saturated rings. The Morgan fingerprint density at radius 3 is 2.67 bits per heavy atom. The largest absolute Gasteiger partial charge is 0.493 e. The normalized spacial score (nSPS) is 11.8. The zero-order valence-corrected chi connectivity index (χ0v) is 12.6. The van der Waals surface area contributed by atoms with Crippen molar-refractivity contribution < 1.29 is 14.6 Å². The molecule has 0 aliphatic heterocycles. The number of hydrogen-bond acceptors (Lipinski definition) is 5. The summed E-state index contributed by atoms with van der Waals surface area (Å²) in [6, 6.07) is 7.06. The van der Waals surface area contributed by atoms with Crippen molar-refractivity contribution >= 4 is 17.3 Å². The molecule has 21 heavy (non-hydrogen) atoms. The van der Waals surface area contributed by atoms with Crippen molar-refractivity contribution in [1.82, 2.24) is 4.98 Å². The van der Waals surface area contributed by atoms with Gasteiger partial charge in [-0.2, -0.15) is 0 Å². The highest BCUT2D eigenvalue weighted by molar-refractivity contribution is 6.33. The van der Waals surface area contributed by atoms with Crippen LogP contribution < -0.4 is 14.8 Å². The first-order valence-electron chi connectivity index (χ1n) is 6.39. The topological polar surface area (TPSA) is 63.6 Å². The molecule has 0 unspecified atom stereocenters. The highest BCUT2D eigenvalue weighted by Crippen LogP contribution is 2.30. The second kappa shape index (κ2) is 7.15. The Labute approximate surface area is 128 Å². The van der Waals surface area contributed by atoms with E-state index in [1.54, 1.807) is 50.9 Å². The Kier molecular flexibility index (Phi) is 5.25. The van der Waals surface area contributed by atoms with Crippen LogP contribution in [0.1, 0.15) is 11.7 Å². The summed E-state index contributed by atoms with van der Waals surface area (Å²) in [5, 5.41) is 13.8. The van der Waals surface area contributed by atoms with Crippen LogP contribution in [0.5, 0.6) is 11.5 Å².